The summed E-state index contributed by atoms with van der Waals surface area (Å²) in [6.45, 7) is 7.19. The number of ether oxygens (including phenoxy) is 3. The lowest BCUT2D eigenvalue weighted by Gasteiger charge is -2.27. The summed E-state index contributed by atoms with van der Waals surface area (Å²) in [6.07, 6.45) is 1.65. The Morgan fingerprint density at radius 1 is 1.02 bits per heavy atom. The molecule has 3 aromatic carbocycles. The molecule has 2 aliphatic heterocycles. The first-order valence-electron chi connectivity index (χ1n) is 13.1. The quantitative estimate of drug-likeness (QED) is 0.204. The molecule has 210 valence electrons. The van der Waals surface area contributed by atoms with Crippen LogP contribution < -0.4 is 14.2 Å². The van der Waals surface area contributed by atoms with Gasteiger partial charge in [-0.3, -0.25) is 15.1 Å². The topological polar surface area (TPSA) is 84.2 Å². The second kappa shape index (κ2) is 12.0. The van der Waals surface area contributed by atoms with Crippen molar-refractivity contribution in [3.8, 4) is 17.2 Å². The number of carbonyl (C=O) groups is 1. The number of thioether (sulfide) groups is 1. The summed E-state index contributed by atoms with van der Waals surface area (Å²) in [5, 5.41) is 11.3. The average molecular weight is 633 g/mol. The number of carbonyl (C=O) groups excluding carboxylic acids is 1. The molecule has 5 rings (SSSR count). The van der Waals surface area contributed by atoms with Gasteiger partial charge in [-0.15, -0.1) is 0 Å². The molecule has 3 aromatic rings. The van der Waals surface area contributed by atoms with Gasteiger partial charge in [0.05, 0.1) is 22.9 Å². The zero-order chi connectivity index (χ0) is 29.1. The van der Waals surface area contributed by atoms with E-state index in [0.29, 0.717) is 39.9 Å². The summed E-state index contributed by atoms with van der Waals surface area (Å²) in [7, 11) is 1.56. The standard InChI is InChI=1S/C32H30BrN3O4S/c1-32(2,3)22-10-12-23(13-11-22)39-14-15-40-28-25(33)17-20(18-27(28)38-4)16-24-29(34)36-26(21-8-6-5-7-9-21)19-41-31(36)35-30(24)37/h5-13,16-19,34H,14-15H2,1-4H3/b24-16-,34-29?. The average Bonchev–Trinajstić information content (AvgIpc) is 3.38. The number of methoxy groups -OCH3 is 1. The van der Waals surface area contributed by atoms with E-state index in [1.165, 1.54) is 17.3 Å². The molecule has 0 fully saturated rings. The van der Waals surface area contributed by atoms with Crippen molar-refractivity contribution in [3.63, 3.8) is 0 Å². The fourth-order valence-electron chi connectivity index (χ4n) is 4.40. The number of hydrogen-bond donors (Lipinski definition) is 1. The van der Waals surface area contributed by atoms with Crippen LogP contribution in [-0.4, -0.2) is 42.1 Å². The molecule has 2 heterocycles. The maximum absolute atomic E-state index is 12.9. The molecule has 2 aliphatic rings. The Morgan fingerprint density at radius 3 is 2.41 bits per heavy atom. The van der Waals surface area contributed by atoms with Crippen LogP contribution in [0.5, 0.6) is 17.2 Å². The highest BCUT2D eigenvalue weighted by molar-refractivity contribution is 9.10. The highest BCUT2D eigenvalue weighted by atomic mass is 79.9. The van der Waals surface area contributed by atoms with E-state index in [1.54, 1.807) is 24.2 Å². The van der Waals surface area contributed by atoms with Crippen LogP contribution in [0.2, 0.25) is 0 Å². The molecular weight excluding hydrogens is 602 g/mol. The minimum atomic E-state index is -0.459. The van der Waals surface area contributed by atoms with Crippen molar-refractivity contribution in [2.24, 2.45) is 4.99 Å². The molecule has 41 heavy (non-hydrogen) atoms. The van der Waals surface area contributed by atoms with Gasteiger partial charge in [0.15, 0.2) is 16.7 Å². The number of nitrogens with zero attached hydrogens (tertiary/aromatic N) is 2. The number of halogens is 1. The molecule has 0 aliphatic carbocycles. The van der Waals surface area contributed by atoms with Crippen molar-refractivity contribution in [3.05, 3.63) is 98.9 Å². The van der Waals surface area contributed by atoms with Crippen molar-refractivity contribution in [1.82, 2.24) is 4.90 Å². The van der Waals surface area contributed by atoms with Gasteiger partial charge in [-0.25, -0.2) is 0 Å². The maximum atomic E-state index is 12.9. The predicted molar refractivity (Wildman–Crippen MR) is 169 cm³/mol. The predicted octanol–water partition coefficient (Wildman–Crippen LogP) is 7.52. The lowest BCUT2D eigenvalue weighted by Crippen LogP contribution is -2.38. The van der Waals surface area contributed by atoms with Crippen LogP contribution in [0.4, 0.5) is 0 Å². The Kier molecular flexibility index (Phi) is 8.37. The van der Waals surface area contributed by atoms with Crippen molar-refractivity contribution >= 4 is 56.4 Å². The molecule has 0 atom stereocenters. The Bertz CT molecular complexity index is 1570. The molecular formula is C32H30BrN3O4S. The highest BCUT2D eigenvalue weighted by Gasteiger charge is 2.36. The van der Waals surface area contributed by atoms with Gasteiger partial charge in [0.25, 0.3) is 5.91 Å². The minimum absolute atomic E-state index is 0.0724. The summed E-state index contributed by atoms with van der Waals surface area (Å²) in [5.74, 6) is 1.41. The number of amides is 1. The first-order chi connectivity index (χ1) is 19.7. The third kappa shape index (κ3) is 6.26. The second-order valence-corrected chi connectivity index (χ2v) is 12.1. The van der Waals surface area contributed by atoms with E-state index in [1.807, 2.05) is 53.9 Å². The van der Waals surface area contributed by atoms with E-state index in [2.05, 4.69) is 53.8 Å². The van der Waals surface area contributed by atoms with Crippen LogP contribution in [-0.2, 0) is 10.2 Å². The zero-order valence-electron chi connectivity index (χ0n) is 23.2. The normalized spacial score (nSPS) is 15.9. The number of fused-ring (bicyclic) bond motifs is 1. The van der Waals surface area contributed by atoms with Crippen LogP contribution in [0, 0.1) is 5.41 Å². The number of rotatable bonds is 8. The van der Waals surface area contributed by atoms with E-state index in [4.69, 9.17) is 19.6 Å². The van der Waals surface area contributed by atoms with Gasteiger partial charge in [0.1, 0.15) is 24.8 Å². The van der Waals surface area contributed by atoms with Crippen LogP contribution >= 0.6 is 27.7 Å². The van der Waals surface area contributed by atoms with E-state index < -0.39 is 5.91 Å². The van der Waals surface area contributed by atoms with Gasteiger partial charge in [-0.2, -0.15) is 4.99 Å². The lowest BCUT2D eigenvalue weighted by molar-refractivity contribution is -0.114. The van der Waals surface area contributed by atoms with Gasteiger partial charge < -0.3 is 14.2 Å². The molecule has 9 heteroatoms. The Morgan fingerprint density at radius 2 is 1.73 bits per heavy atom. The van der Waals surface area contributed by atoms with Crippen molar-refractivity contribution in [2.45, 2.75) is 26.2 Å². The fraction of sp³-hybridized carbons (Fsp3) is 0.219. The van der Waals surface area contributed by atoms with Crippen LogP contribution in [0.15, 0.2) is 87.2 Å². The Hall–Kier alpha value is -3.82. The molecule has 0 spiro atoms. The number of hydrogen-bond acceptors (Lipinski definition) is 6. The van der Waals surface area contributed by atoms with Gasteiger partial charge in [-0.05, 0) is 68.4 Å². The van der Waals surface area contributed by atoms with Crippen LogP contribution in [0.25, 0.3) is 11.8 Å². The summed E-state index contributed by atoms with van der Waals surface area (Å²) < 4.78 is 18.1. The summed E-state index contributed by atoms with van der Waals surface area (Å²) in [5.41, 5.74) is 3.94. The third-order valence-corrected chi connectivity index (χ3v) is 7.98. The molecule has 0 aromatic heterocycles. The van der Waals surface area contributed by atoms with Gasteiger partial charge in [-0.1, -0.05) is 75.0 Å². The van der Waals surface area contributed by atoms with E-state index in [9.17, 15) is 4.79 Å². The van der Waals surface area contributed by atoms with E-state index in [0.717, 1.165) is 17.0 Å². The van der Waals surface area contributed by atoms with E-state index >= 15 is 0 Å². The Balaban J connectivity index is 1.29. The maximum Gasteiger partial charge on any atom is 0.283 e. The van der Waals surface area contributed by atoms with Crippen LogP contribution in [0.3, 0.4) is 0 Å². The summed E-state index contributed by atoms with van der Waals surface area (Å²) >= 11 is 4.91. The molecule has 0 saturated heterocycles. The summed E-state index contributed by atoms with van der Waals surface area (Å²) in [6, 6.07) is 21.4. The van der Waals surface area contributed by atoms with Crippen molar-refractivity contribution in [2.75, 3.05) is 20.3 Å². The third-order valence-electron chi connectivity index (χ3n) is 6.57. The molecule has 0 unspecified atom stereocenters. The Labute approximate surface area is 252 Å². The first kappa shape index (κ1) is 28.7. The molecule has 7 nitrogen and oxygen atoms in total. The van der Waals surface area contributed by atoms with Crippen LogP contribution in [0.1, 0.15) is 37.5 Å². The number of benzene rings is 3. The largest absolute Gasteiger partial charge is 0.493 e. The highest BCUT2D eigenvalue weighted by Crippen LogP contribution is 2.40. The first-order valence-corrected chi connectivity index (χ1v) is 14.7. The molecule has 1 N–H and O–H groups in total. The van der Waals surface area contributed by atoms with Gasteiger partial charge >= 0.3 is 0 Å². The van der Waals surface area contributed by atoms with Gasteiger partial charge in [0, 0.05) is 5.41 Å². The number of aliphatic imine (C=N–C) groups is 1. The molecule has 0 saturated carbocycles. The van der Waals surface area contributed by atoms with Gasteiger partial charge in [0.2, 0.25) is 0 Å². The fourth-order valence-corrected chi connectivity index (χ4v) is 5.86. The zero-order valence-corrected chi connectivity index (χ0v) is 25.6. The number of nitrogens with one attached hydrogen (secondary N) is 1. The van der Waals surface area contributed by atoms with E-state index in [-0.39, 0.29) is 16.8 Å². The summed E-state index contributed by atoms with van der Waals surface area (Å²) in [4.78, 5) is 18.9. The lowest BCUT2D eigenvalue weighted by atomic mass is 9.87. The SMILES string of the molecule is COc1cc(/C=C2/C(=N)N3C(c4ccccc4)=CSC3=NC2=O)cc(Br)c1OCCOc1ccc(C(C)(C)C)cc1. The minimum Gasteiger partial charge on any atom is -0.493 e. The molecule has 0 radical (unpaired) electrons. The smallest absolute Gasteiger partial charge is 0.283 e. The monoisotopic (exact) mass is 631 g/mol. The molecule has 1 amide bonds. The van der Waals surface area contributed by atoms with Crippen molar-refractivity contribution in [1.29, 1.82) is 5.41 Å². The number of amidine groups is 2. The second-order valence-electron chi connectivity index (χ2n) is 10.4. The molecule has 0 bridgehead atoms. The van der Waals surface area contributed by atoms with Crippen molar-refractivity contribution < 1.29 is 19.0 Å².